The molecule has 5 nitrogen and oxygen atoms in total. The number of likely N-dealkylation sites (tertiary alicyclic amines) is 1. The van der Waals surface area contributed by atoms with Crippen LogP contribution >= 0.6 is 11.3 Å². The summed E-state index contributed by atoms with van der Waals surface area (Å²) in [5.41, 5.74) is 1.62. The van der Waals surface area contributed by atoms with Gasteiger partial charge in [-0.15, -0.1) is 11.3 Å². The van der Waals surface area contributed by atoms with E-state index in [1.165, 1.54) is 23.5 Å². The van der Waals surface area contributed by atoms with Gasteiger partial charge in [-0.05, 0) is 24.6 Å². The lowest BCUT2D eigenvalue weighted by molar-refractivity contribution is -0.128. The SMILES string of the molecule is Cc1nc(CC(=O)NC2CC(=O)N(Cc3ccc(F)cc3)C2)cs1. The Balaban J connectivity index is 1.52. The molecule has 0 aliphatic carbocycles. The molecule has 2 heterocycles. The quantitative estimate of drug-likeness (QED) is 0.900. The molecule has 0 saturated carbocycles. The van der Waals surface area contributed by atoms with E-state index < -0.39 is 0 Å². The highest BCUT2D eigenvalue weighted by atomic mass is 32.1. The van der Waals surface area contributed by atoms with E-state index >= 15 is 0 Å². The van der Waals surface area contributed by atoms with E-state index in [4.69, 9.17) is 0 Å². The van der Waals surface area contributed by atoms with Crippen LogP contribution in [0.3, 0.4) is 0 Å². The minimum atomic E-state index is -0.297. The molecule has 1 aromatic heterocycles. The zero-order valence-corrected chi connectivity index (χ0v) is 14.1. The van der Waals surface area contributed by atoms with Crippen LogP contribution in [0.15, 0.2) is 29.6 Å². The number of amides is 2. The van der Waals surface area contributed by atoms with Crippen LogP contribution in [0.4, 0.5) is 4.39 Å². The number of halogens is 1. The van der Waals surface area contributed by atoms with Crippen LogP contribution in [0.1, 0.15) is 22.7 Å². The maximum atomic E-state index is 12.9. The van der Waals surface area contributed by atoms with Crippen molar-refractivity contribution >= 4 is 23.2 Å². The first-order chi connectivity index (χ1) is 11.5. The smallest absolute Gasteiger partial charge is 0.226 e. The second-order valence-electron chi connectivity index (χ2n) is 5.90. The second kappa shape index (κ2) is 7.09. The molecule has 126 valence electrons. The van der Waals surface area contributed by atoms with Gasteiger partial charge in [-0.2, -0.15) is 0 Å². The summed E-state index contributed by atoms with van der Waals surface area (Å²) in [5, 5.41) is 5.70. The standard InChI is InChI=1S/C17H18FN3O2S/c1-11-19-15(10-24-11)6-16(22)20-14-7-17(23)21(9-14)8-12-2-4-13(18)5-3-12/h2-5,10,14H,6-9H2,1H3,(H,20,22). The van der Waals surface area contributed by atoms with E-state index in [9.17, 15) is 14.0 Å². The van der Waals surface area contributed by atoms with Gasteiger partial charge >= 0.3 is 0 Å². The van der Waals surface area contributed by atoms with Gasteiger partial charge in [-0.25, -0.2) is 9.37 Å². The van der Waals surface area contributed by atoms with E-state index in [1.807, 2.05) is 12.3 Å². The highest BCUT2D eigenvalue weighted by Crippen LogP contribution is 2.16. The molecular weight excluding hydrogens is 329 g/mol. The largest absolute Gasteiger partial charge is 0.351 e. The topological polar surface area (TPSA) is 62.3 Å². The molecule has 1 fully saturated rings. The van der Waals surface area contributed by atoms with Gasteiger partial charge in [0.1, 0.15) is 5.82 Å². The number of hydrogen-bond acceptors (Lipinski definition) is 4. The Morgan fingerprint density at radius 2 is 2.17 bits per heavy atom. The minimum Gasteiger partial charge on any atom is -0.351 e. The van der Waals surface area contributed by atoms with Crippen LogP contribution in [0.5, 0.6) is 0 Å². The number of benzene rings is 1. The van der Waals surface area contributed by atoms with Gasteiger partial charge in [-0.3, -0.25) is 9.59 Å². The summed E-state index contributed by atoms with van der Waals surface area (Å²) in [6.45, 7) is 2.80. The zero-order chi connectivity index (χ0) is 17.1. The fourth-order valence-electron chi connectivity index (χ4n) is 2.76. The van der Waals surface area contributed by atoms with Gasteiger partial charge in [0.15, 0.2) is 0 Å². The summed E-state index contributed by atoms with van der Waals surface area (Å²) < 4.78 is 12.9. The number of hydrogen-bond donors (Lipinski definition) is 1. The summed E-state index contributed by atoms with van der Waals surface area (Å²) in [4.78, 5) is 30.1. The number of carbonyl (C=O) groups excluding carboxylic acids is 2. The highest BCUT2D eigenvalue weighted by Gasteiger charge is 2.30. The van der Waals surface area contributed by atoms with Crippen molar-refractivity contribution in [1.29, 1.82) is 0 Å². The first kappa shape index (κ1) is 16.6. The molecule has 3 rings (SSSR count). The molecule has 1 atom stereocenters. The zero-order valence-electron chi connectivity index (χ0n) is 13.3. The van der Waals surface area contributed by atoms with Crippen molar-refractivity contribution in [2.75, 3.05) is 6.54 Å². The molecule has 7 heteroatoms. The second-order valence-corrected chi connectivity index (χ2v) is 6.97. The Kier molecular flexibility index (Phi) is 4.89. The van der Waals surface area contributed by atoms with E-state index in [-0.39, 0.29) is 30.1 Å². The van der Waals surface area contributed by atoms with Crippen molar-refractivity contribution in [2.45, 2.75) is 32.4 Å². The van der Waals surface area contributed by atoms with Gasteiger partial charge in [0.25, 0.3) is 0 Å². The normalized spacial score (nSPS) is 17.3. The lowest BCUT2D eigenvalue weighted by Gasteiger charge is -2.17. The third kappa shape index (κ3) is 4.17. The van der Waals surface area contributed by atoms with Crippen LogP contribution in [0.25, 0.3) is 0 Å². The van der Waals surface area contributed by atoms with Gasteiger partial charge in [0, 0.05) is 24.9 Å². The fraction of sp³-hybridized carbons (Fsp3) is 0.353. The van der Waals surface area contributed by atoms with Crippen molar-refractivity contribution in [3.8, 4) is 0 Å². The Morgan fingerprint density at radius 3 is 2.83 bits per heavy atom. The summed E-state index contributed by atoms with van der Waals surface area (Å²) in [5.74, 6) is -0.426. The maximum Gasteiger partial charge on any atom is 0.226 e. The van der Waals surface area contributed by atoms with Gasteiger partial charge < -0.3 is 10.2 Å². The number of carbonyl (C=O) groups is 2. The predicted molar refractivity (Wildman–Crippen MR) is 88.9 cm³/mol. The summed E-state index contributed by atoms with van der Waals surface area (Å²) >= 11 is 1.51. The molecule has 2 aromatic rings. The highest BCUT2D eigenvalue weighted by molar-refractivity contribution is 7.09. The van der Waals surface area contributed by atoms with Gasteiger partial charge in [-0.1, -0.05) is 12.1 Å². The third-order valence-electron chi connectivity index (χ3n) is 3.87. The molecule has 1 aromatic carbocycles. The molecule has 1 N–H and O–H groups in total. The van der Waals surface area contributed by atoms with Gasteiger partial charge in [0.05, 0.1) is 23.2 Å². The molecule has 2 amide bonds. The molecular formula is C17H18FN3O2S. The lowest BCUT2D eigenvalue weighted by Crippen LogP contribution is -2.37. The van der Waals surface area contributed by atoms with Crippen molar-refractivity contribution in [3.05, 3.63) is 51.7 Å². The third-order valence-corrected chi connectivity index (χ3v) is 4.70. The number of thiazole rings is 1. The van der Waals surface area contributed by atoms with Crippen LogP contribution in [-0.4, -0.2) is 34.3 Å². The first-order valence-electron chi connectivity index (χ1n) is 7.72. The van der Waals surface area contributed by atoms with Crippen molar-refractivity contribution in [2.24, 2.45) is 0 Å². The summed E-state index contributed by atoms with van der Waals surface area (Å²) in [6, 6.07) is 5.90. The fourth-order valence-corrected chi connectivity index (χ4v) is 3.38. The van der Waals surface area contributed by atoms with Crippen molar-refractivity contribution in [1.82, 2.24) is 15.2 Å². The van der Waals surface area contributed by atoms with Crippen molar-refractivity contribution < 1.29 is 14.0 Å². The summed E-state index contributed by atoms with van der Waals surface area (Å²) in [7, 11) is 0. The molecule has 0 radical (unpaired) electrons. The van der Waals surface area contributed by atoms with E-state index in [2.05, 4.69) is 10.3 Å². The van der Waals surface area contributed by atoms with Gasteiger partial charge in [0.2, 0.25) is 11.8 Å². The maximum absolute atomic E-state index is 12.9. The molecule has 1 aliphatic heterocycles. The Hall–Kier alpha value is -2.28. The number of nitrogens with zero attached hydrogens (tertiary/aromatic N) is 2. The molecule has 1 unspecified atom stereocenters. The van der Waals surface area contributed by atoms with E-state index in [1.54, 1.807) is 17.0 Å². The van der Waals surface area contributed by atoms with Crippen molar-refractivity contribution in [3.63, 3.8) is 0 Å². The number of nitrogens with one attached hydrogen (secondary N) is 1. The van der Waals surface area contributed by atoms with Crippen LogP contribution < -0.4 is 5.32 Å². The van der Waals surface area contributed by atoms with Crippen LogP contribution in [-0.2, 0) is 22.6 Å². The average Bonchev–Trinajstić information content (AvgIpc) is 3.07. The van der Waals surface area contributed by atoms with E-state index in [0.717, 1.165) is 16.3 Å². The Morgan fingerprint density at radius 1 is 1.42 bits per heavy atom. The number of aromatic nitrogens is 1. The Labute approximate surface area is 143 Å². The monoisotopic (exact) mass is 347 g/mol. The molecule has 24 heavy (non-hydrogen) atoms. The predicted octanol–water partition coefficient (Wildman–Crippen LogP) is 2.05. The Bertz CT molecular complexity index is 745. The van der Waals surface area contributed by atoms with Crippen LogP contribution in [0, 0.1) is 12.7 Å². The average molecular weight is 347 g/mol. The lowest BCUT2D eigenvalue weighted by atomic mass is 10.2. The number of rotatable bonds is 5. The molecule has 0 bridgehead atoms. The first-order valence-corrected chi connectivity index (χ1v) is 8.60. The number of aryl methyl sites for hydroxylation is 1. The molecule has 0 spiro atoms. The molecule has 1 aliphatic rings. The summed E-state index contributed by atoms with van der Waals surface area (Å²) in [6.07, 6.45) is 0.524. The van der Waals surface area contributed by atoms with E-state index in [0.29, 0.717) is 19.5 Å². The van der Waals surface area contributed by atoms with Crippen LogP contribution in [0.2, 0.25) is 0 Å². The molecule has 1 saturated heterocycles. The minimum absolute atomic E-state index is 0.00544.